The Morgan fingerprint density at radius 3 is 2.40 bits per heavy atom. The average molecular weight is 432 g/mol. The molecular weight excluding hydrogens is 406 g/mol. The van der Waals surface area contributed by atoms with Gasteiger partial charge < -0.3 is 5.73 Å². The zero-order valence-corrected chi connectivity index (χ0v) is 17.4. The van der Waals surface area contributed by atoms with E-state index in [1.165, 1.54) is 11.3 Å². The zero-order valence-electron chi connectivity index (χ0n) is 14.1. The van der Waals surface area contributed by atoms with E-state index in [9.17, 15) is 16.8 Å². The molecule has 0 aliphatic heterocycles. The third-order valence-electron chi connectivity index (χ3n) is 4.07. The molecule has 25 heavy (non-hydrogen) atoms. The molecule has 146 valence electrons. The van der Waals surface area contributed by atoms with Crippen LogP contribution < -0.4 is 15.2 Å². The summed E-state index contributed by atoms with van der Waals surface area (Å²) in [5, 5.41) is 0. The van der Waals surface area contributed by atoms with Crippen molar-refractivity contribution < 1.29 is 16.8 Å². The number of thiophene rings is 1. The number of hydrogen-bond acceptors (Lipinski definition) is 6. The number of nitrogens with two attached hydrogens (primary N) is 1. The third kappa shape index (κ3) is 7.12. The fraction of sp³-hybridized carbons (Fsp3) is 0.714. The lowest BCUT2D eigenvalue weighted by Gasteiger charge is -2.26. The average Bonchev–Trinajstić information content (AvgIpc) is 2.99. The molecule has 1 fully saturated rings. The van der Waals surface area contributed by atoms with Crippen LogP contribution in [0.3, 0.4) is 0 Å². The van der Waals surface area contributed by atoms with Gasteiger partial charge in [0.2, 0.25) is 20.0 Å². The van der Waals surface area contributed by atoms with Crippen LogP contribution >= 0.6 is 23.7 Å². The molecule has 0 saturated heterocycles. The van der Waals surface area contributed by atoms with Crippen LogP contribution in [0.15, 0.2) is 16.3 Å². The van der Waals surface area contributed by atoms with E-state index in [-0.39, 0.29) is 41.0 Å². The molecule has 11 heteroatoms. The summed E-state index contributed by atoms with van der Waals surface area (Å²) < 4.78 is 53.1. The van der Waals surface area contributed by atoms with E-state index in [1.54, 1.807) is 19.1 Å². The summed E-state index contributed by atoms with van der Waals surface area (Å²) in [6.07, 6.45) is 3.66. The van der Waals surface area contributed by atoms with Crippen molar-refractivity contribution in [3.63, 3.8) is 0 Å². The van der Waals surface area contributed by atoms with Crippen molar-refractivity contribution in [2.24, 2.45) is 5.73 Å². The van der Waals surface area contributed by atoms with Crippen molar-refractivity contribution in [1.29, 1.82) is 0 Å². The van der Waals surface area contributed by atoms with Crippen molar-refractivity contribution in [3.8, 4) is 0 Å². The van der Waals surface area contributed by atoms with Crippen LogP contribution in [0.2, 0.25) is 0 Å². The number of halogens is 1. The first kappa shape index (κ1) is 22.8. The van der Waals surface area contributed by atoms with Crippen molar-refractivity contribution in [1.82, 2.24) is 9.44 Å². The molecule has 0 spiro atoms. The molecule has 4 N–H and O–H groups in total. The predicted octanol–water partition coefficient (Wildman–Crippen LogP) is 1.20. The maximum atomic E-state index is 12.4. The van der Waals surface area contributed by atoms with Gasteiger partial charge >= 0.3 is 0 Å². The normalized spacial score (nSPS) is 21.7. The first-order chi connectivity index (χ1) is 11.2. The zero-order chi connectivity index (χ0) is 17.8. The van der Waals surface area contributed by atoms with Crippen molar-refractivity contribution in [2.45, 2.75) is 55.3 Å². The van der Waals surface area contributed by atoms with Crippen molar-refractivity contribution in [2.75, 3.05) is 12.3 Å². The second-order valence-corrected chi connectivity index (χ2v) is 11.2. The molecule has 0 aromatic carbocycles. The number of rotatable bonds is 8. The van der Waals surface area contributed by atoms with Crippen molar-refractivity contribution in [3.05, 3.63) is 17.0 Å². The Morgan fingerprint density at radius 1 is 1.16 bits per heavy atom. The molecule has 1 saturated carbocycles. The highest BCUT2D eigenvalue weighted by atomic mass is 35.5. The van der Waals surface area contributed by atoms with Crippen LogP contribution in [-0.2, 0) is 26.5 Å². The molecule has 1 aliphatic carbocycles. The molecule has 0 bridgehead atoms. The van der Waals surface area contributed by atoms with Gasteiger partial charge in [0, 0.05) is 23.5 Å². The highest BCUT2D eigenvalue weighted by molar-refractivity contribution is 7.91. The van der Waals surface area contributed by atoms with E-state index in [1.807, 2.05) is 0 Å². The SMILES string of the molecule is CCS(=O)(=O)NCCc1ccc(S(=O)(=O)NC2CCC(N)CC2)s1.Cl. The van der Waals surface area contributed by atoms with Crippen LogP contribution in [0.1, 0.15) is 37.5 Å². The smallest absolute Gasteiger partial charge is 0.250 e. The Kier molecular flexibility index (Phi) is 8.79. The van der Waals surface area contributed by atoms with Gasteiger partial charge in [0.25, 0.3) is 0 Å². The van der Waals surface area contributed by atoms with Gasteiger partial charge in [-0.15, -0.1) is 23.7 Å². The van der Waals surface area contributed by atoms with E-state index in [4.69, 9.17) is 5.73 Å². The maximum absolute atomic E-state index is 12.4. The lowest BCUT2D eigenvalue weighted by Crippen LogP contribution is -2.40. The fourth-order valence-electron chi connectivity index (χ4n) is 2.58. The summed E-state index contributed by atoms with van der Waals surface area (Å²) in [6, 6.07) is 3.42. The largest absolute Gasteiger partial charge is 0.328 e. The summed E-state index contributed by atoms with van der Waals surface area (Å²) in [6.45, 7) is 1.84. The highest BCUT2D eigenvalue weighted by Gasteiger charge is 2.25. The van der Waals surface area contributed by atoms with Crippen LogP contribution in [-0.4, -0.2) is 41.2 Å². The highest BCUT2D eigenvalue weighted by Crippen LogP contribution is 2.24. The molecule has 0 atom stereocenters. The number of nitrogens with one attached hydrogen (secondary N) is 2. The van der Waals surface area contributed by atoms with Gasteiger partial charge in [-0.25, -0.2) is 26.3 Å². The molecule has 2 rings (SSSR count). The lowest BCUT2D eigenvalue weighted by molar-refractivity contribution is 0.374. The summed E-state index contributed by atoms with van der Waals surface area (Å²) >= 11 is 1.18. The summed E-state index contributed by atoms with van der Waals surface area (Å²) in [5.74, 6) is 0.0338. The van der Waals surface area contributed by atoms with Crippen molar-refractivity contribution >= 4 is 43.8 Å². The standard InChI is InChI=1S/C14H25N3O4S3.ClH/c1-2-23(18,19)16-10-9-13-7-8-14(22-13)24(20,21)17-12-5-3-11(15)4-6-12;/h7-8,11-12,16-17H,2-6,9-10,15H2,1H3;1H. The minimum Gasteiger partial charge on any atom is -0.328 e. The second kappa shape index (κ2) is 9.63. The molecule has 0 amide bonds. The van der Waals surface area contributed by atoms with Crippen LogP contribution in [0.5, 0.6) is 0 Å². The number of sulfonamides is 2. The van der Waals surface area contributed by atoms with E-state index >= 15 is 0 Å². The molecule has 0 radical (unpaired) electrons. The predicted molar refractivity (Wildman–Crippen MR) is 103 cm³/mol. The molecule has 1 aliphatic rings. The van der Waals surface area contributed by atoms with Gasteiger partial charge in [0.1, 0.15) is 4.21 Å². The Labute approximate surface area is 160 Å². The minimum absolute atomic E-state index is 0. The fourth-order valence-corrected chi connectivity index (χ4v) is 5.88. The van der Waals surface area contributed by atoms with Crippen LogP contribution in [0, 0.1) is 0 Å². The minimum atomic E-state index is -3.53. The van der Waals surface area contributed by atoms with E-state index in [0.29, 0.717) is 6.42 Å². The van der Waals surface area contributed by atoms with Gasteiger partial charge in [-0.3, -0.25) is 0 Å². The Hall–Kier alpha value is -0.230. The van der Waals surface area contributed by atoms with Crippen LogP contribution in [0.25, 0.3) is 0 Å². The topological polar surface area (TPSA) is 118 Å². The van der Waals surface area contributed by atoms with Gasteiger partial charge in [-0.1, -0.05) is 0 Å². The maximum Gasteiger partial charge on any atom is 0.250 e. The third-order valence-corrected chi connectivity index (χ3v) is 8.63. The lowest BCUT2D eigenvalue weighted by atomic mass is 9.93. The first-order valence-corrected chi connectivity index (χ1v) is 12.0. The van der Waals surface area contributed by atoms with E-state index < -0.39 is 20.0 Å². The molecular formula is C14H26ClN3O4S3. The molecule has 1 heterocycles. The quantitative estimate of drug-likeness (QED) is 0.571. The summed E-state index contributed by atoms with van der Waals surface area (Å²) in [5.41, 5.74) is 5.84. The molecule has 1 aromatic rings. The van der Waals surface area contributed by atoms with Gasteiger partial charge in [-0.2, -0.15) is 0 Å². The van der Waals surface area contributed by atoms with Gasteiger partial charge in [0.05, 0.1) is 5.75 Å². The molecule has 0 unspecified atom stereocenters. The van der Waals surface area contributed by atoms with Crippen LogP contribution in [0.4, 0.5) is 0 Å². The molecule has 7 nitrogen and oxygen atoms in total. The Bertz CT molecular complexity index is 741. The van der Waals surface area contributed by atoms with Gasteiger partial charge in [0.15, 0.2) is 0 Å². The van der Waals surface area contributed by atoms with E-state index in [2.05, 4.69) is 9.44 Å². The summed E-state index contributed by atoms with van der Waals surface area (Å²) in [4.78, 5) is 0.833. The molecule has 1 aromatic heterocycles. The summed E-state index contributed by atoms with van der Waals surface area (Å²) in [7, 11) is -6.75. The Balaban J connectivity index is 0.00000312. The first-order valence-electron chi connectivity index (χ1n) is 8.06. The number of hydrogen-bond donors (Lipinski definition) is 3. The second-order valence-electron chi connectivity index (χ2n) is 6.00. The monoisotopic (exact) mass is 431 g/mol. The van der Waals surface area contributed by atoms with E-state index in [0.717, 1.165) is 30.6 Å². The van der Waals surface area contributed by atoms with Gasteiger partial charge in [-0.05, 0) is 51.2 Å². The Morgan fingerprint density at radius 2 is 1.80 bits per heavy atom.